The van der Waals surface area contributed by atoms with Gasteiger partial charge in [0.15, 0.2) is 6.29 Å². The first-order valence-electron chi connectivity index (χ1n) is 14.7. The minimum Gasteiger partial charge on any atom is -0.456 e. The highest BCUT2D eigenvalue weighted by Gasteiger charge is 2.22. The third-order valence-corrected chi connectivity index (χ3v) is 7.13. The lowest BCUT2D eigenvalue weighted by molar-refractivity contribution is 0.00702. The van der Waals surface area contributed by atoms with Crippen molar-refractivity contribution in [2.24, 2.45) is 4.99 Å². The summed E-state index contributed by atoms with van der Waals surface area (Å²) in [5.41, 5.74) is 5.71. The van der Waals surface area contributed by atoms with E-state index in [1.54, 1.807) is 30.3 Å². The smallest absolute Gasteiger partial charge is 0.339 e. The van der Waals surface area contributed by atoms with Crippen LogP contribution in [0.2, 0.25) is 0 Å². The number of esters is 1. The largest absolute Gasteiger partial charge is 0.456 e. The molecule has 0 saturated carbocycles. The Labute approximate surface area is 257 Å². The van der Waals surface area contributed by atoms with Gasteiger partial charge in [-0.3, -0.25) is 9.59 Å². The summed E-state index contributed by atoms with van der Waals surface area (Å²) in [7, 11) is 0. The van der Waals surface area contributed by atoms with E-state index in [-0.39, 0.29) is 11.5 Å². The average Bonchev–Trinajstić information content (AvgIpc) is 3.35. The lowest BCUT2D eigenvalue weighted by Gasteiger charge is -2.20. The fourth-order valence-corrected chi connectivity index (χ4v) is 5.06. The third kappa shape index (κ3) is 6.89. The predicted octanol–water partition coefficient (Wildman–Crippen LogP) is 7.64. The molecule has 3 aromatic carbocycles. The van der Waals surface area contributed by atoms with Gasteiger partial charge in [-0.15, -0.1) is 0 Å². The standard InChI is InChI=1S/C37H35N3O4/c1-5-6-15-34-39-32-21-20-28(38-35(42)30-13-8-7-11-27(30)24-41)22-33(32)40(34)23-25-16-18-26(19-17-25)29-12-9-10-14-31(29)36(43)44-37(2,3)4/h6-21,24H,5,22-23H2,1-4H3/b15-6?,38-28-. The molecule has 7 heteroatoms. The van der Waals surface area contributed by atoms with Gasteiger partial charge in [-0.2, -0.15) is 0 Å². The summed E-state index contributed by atoms with van der Waals surface area (Å²) in [6, 6.07) is 22.3. The summed E-state index contributed by atoms with van der Waals surface area (Å²) in [6.07, 6.45) is 9.74. The molecule has 1 aromatic heterocycles. The van der Waals surface area contributed by atoms with Crippen molar-refractivity contribution in [3.63, 3.8) is 0 Å². The highest BCUT2D eigenvalue weighted by Crippen LogP contribution is 2.28. The van der Waals surface area contributed by atoms with Crippen LogP contribution in [0.25, 0.3) is 23.3 Å². The highest BCUT2D eigenvalue weighted by atomic mass is 16.6. The van der Waals surface area contributed by atoms with Gasteiger partial charge in [0.2, 0.25) is 0 Å². The molecule has 7 nitrogen and oxygen atoms in total. The van der Waals surface area contributed by atoms with E-state index in [4.69, 9.17) is 9.72 Å². The van der Waals surface area contributed by atoms with Gasteiger partial charge in [-0.1, -0.05) is 73.7 Å². The van der Waals surface area contributed by atoms with Crippen molar-refractivity contribution in [1.29, 1.82) is 0 Å². The van der Waals surface area contributed by atoms with E-state index in [0.717, 1.165) is 40.3 Å². The first-order valence-corrected chi connectivity index (χ1v) is 14.7. The Morgan fingerprint density at radius 2 is 1.66 bits per heavy atom. The average molecular weight is 586 g/mol. The quantitative estimate of drug-likeness (QED) is 0.157. The Morgan fingerprint density at radius 1 is 0.955 bits per heavy atom. The molecular weight excluding hydrogens is 550 g/mol. The number of benzene rings is 3. The molecule has 0 bridgehead atoms. The van der Waals surface area contributed by atoms with E-state index in [1.807, 2.05) is 69.3 Å². The topological polar surface area (TPSA) is 90.6 Å². The monoisotopic (exact) mass is 585 g/mol. The molecule has 0 unspecified atom stereocenters. The highest BCUT2D eigenvalue weighted by molar-refractivity contribution is 6.12. The van der Waals surface area contributed by atoms with Crippen molar-refractivity contribution in [2.45, 2.75) is 52.7 Å². The van der Waals surface area contributed by atoms with Gasteiger partial charge in [-0.05, 0) is 74.2 Å². The van der Waals surface area contributed by atoms with Crippen LogP contribution in [0.15, 0.2) is 89.9 Å². The third-order valence-electron chi connectivity index (χ3n) is 7.13. The number of ether oxygens (including phenoxy) is 1. The van der Waals surface area contributed by atoms with Crippen LogP contribution >= 0.6 is 0 Å². The Bertz CT molecular complexity index is 1800. The minimum absolute atomic E-state index is 0.280. The van der Waals surface area contributed by atoms with Gasteiger partial charge in [0.1, 0.15) is 11.4 Å². The van der Waals surface area contributed by atoms with Crippen LogP contribution < -0.4 is 0 Å². The van der Waals surface area contributed by atoms with Crippen molar-refractivity contribution >= 4 is 36.0 Å². The van der Waals surface area contributed by atoms with Crippen LogP contribution in [0.5, 0.6) is 0 Å². The van der Waals surface area contributed by atoms with Gasteiger partial charge >= 0.3 is 5.97 Å². The molecule has 0 radical (unpaired) electrons. The Hall–Kier alpha value is -5.17. The zero-order valence-corrected chi connectivity index (χ0v) is 25.4. The lowest BCUT2D eigenvalue weighted by atomic mass is 9.98. The van der Waals surface area contributed by atoms with Gasteiger partial charge in [-0.25, -0.2) is 14.8 Å². The lowest BCUT2D eigenvalue weighted by Crippen LogP contribution is -2.24. The van der Waals surface area contributed by atoms with Crippen molar-refractivity contribution in [3.8, 4) is 11.1 Å². The number of amides is 1. The number of nitrogens with zero attached hydrogens (tertiary/aromatic N) is 3. The maximum absolute atomic E-state index is 13.0. The number of carbonyl (C=O) groups is 3. The molecule has 0 aliphatic heterocycles. The number of hydrogen-bond donors (Lipinski definition) is 0. The van der Waals surface area contributed by atoms with E-state index in [2.05, 4.69) is 34.7 Å². The summed E-state index contributed by atoms with van der Waals surface area (Å²) in [4.78, 5) is 46.5. The molecule has 0 spiro atoms. The van der Waals surface area contributed by atoms with E-state index < -0.39 is 11.5 Å². The Kier molecular flexibility index (Phi) is 8.95. The SMILES string of the molecule is CCC=Cc1nc2c(n1Cc1ccc(-c3ccccc3C(=O)OC(C)(C)C)cc1)C/C(=N\C(=O)c1ccccc1C=O)C=C2. The molecule has 0 N–H and O–H groups in total. The summed E-state index contributed by atoms with van der Waals surface area (Å²) >= 11 is 0. The number of allylic oxidation sites excluding steroid dienone is 2. The van der Waals surface area contributed by atoms with Gasteiger partial charge < -0.3 is 9.30 Å². The number of carbonyl (C=O) groups excluding carboxylic acids is 3. The molecule has 1 heterocycles. The molecule has 1 aliphatic rings. The van der Waals surface area contributed by atoms with Crippen LogP contribution in [0, 0.1) is 0 Å². The molecule has 4 aromatic rings. The number of imidazole rings is 1. The molecule has 0 atom stereocenters. The van der Waals surface area contributed by atoms with Crippen LogP contribution in [0.1, 0.15) is 88.0 Å². The van der Waals surface area contributed by atoms with E-state index >= 15 is 0 Å². The fraction of sp³-hybridized carbons (Fsp3) is 0.216. The summed E-state index contributed by atoms with van der Waals surface area (Å²) in [5.74, 6) is 0.0168. The molecule has 5 rings (SSSR count). The summed E-state index contributed by atoms with van der Waals surface area (Å²) < 4.78 is 7.79. The second-order valence-corrected chi connectivity index (χ2v) is 11.6. The van der Waals surface area contributed by atoms with E-state index in [9.17, 15) is 14.4 Å². The maximum Gasteiger partial charge on any atom is 0.339 e. The predicted molar refractivity (Wildman–Crippen MR) is 174 cm³/mol. The van der Waals surface area contributed by atoms with Gasteiger partial charge in [0.05, 0.1) is 28.2 Å². The van der Waals surface area contributed by atoms with Crippen LogP contribution in [-0.2, 0) is 17.7 Å². The number of aliphatic imine (C=N–C) groups is 1. The zero-order valence-electron chi connectivity index (χ0n) is 25.4. The van der Waals surface area contributed by atoms with E-state index in [0.29, 0.717) is 36.1 Å². The first-order chi connectivity index (χ1) is 21.2. The first kappa shape index (κ1) is 30.3. The van der Waals surface area contributed by atoms with Crippen LogP contribution in [0.3, 0.4) is 0 Å². The maximum atomic E-state index is 13.0. The molecule has 0 saturated heterocycles. The minimum atomic E-state index is -0.588. The number of fused-ring (bicyclic) bond motifs is 1. The number of aldehydes is 1. The Balaban J connectivity index is 1.43. The van der Waals surface area contributed by atoms with E-state index in [1.165, 1.54) is 0 Å². The van der Waals surface area contributed by atoms with Crippen molar-refractivity contribution in [2.75, 3.05) is 0 Å². The fourth-order valence-electron chi connectivity index (χ4n) is 5.06. The van der Waals surface area contributed by atoms with Gasteiger partial charge in [0, 0.05) is 18.5 Å². The Morgan fingerprint density at radius 3 is 2.36 bits per heavy atom. The number of rotatable bonds is 8. The second-order valence-electron chi connectivity index (χ2n) is 11.6. The zero-order chi connectivity index (χ0) is 31.3. The number of hydrogen-bond acceptors (Lipinski definition) is 5. The summed E-state index contributed by atoms with van der Waals surface area (Å²) in [6.45, 7) is 8.21. The van der Waals surface area contributed by atoms with Crippen LogP contribution in [-0.4, -0.2) is 39.0 Å². The molecule has 222 valence electrons. The molecule has 0 fully saturated rings. The van der Waals surface area contributed by atoms with Gasteiger partial charge in [0.25, 0.3) is 5.91 Å². The molecule has 1 amide bonds. The normalized spacial score (nSPS) is 13.7. The molecular formula is C37H35N3O4. The summed E-state index contributed by atoms with van der Waals surface area (Å²) in [5, 5.41) is 0. The van der Waals surface area contributed by atoms with Crippen molar-refractivity contribution in [1.82, 2.24) is 9.55 Å². The molecule has 44 heavy (non-hydrogen) atoms. The van der Waals surface area contributed by atoms with Crippen LogP contribution in [0.4, 0.5) is 0 Å². The molecule has 1 aliphatic carbocycles. The second kappa shape index (κ2) is 13.0. The van der Waals surface area contributed by atoms with Crippen molar-refractivity contribution in [3.05, 3.63) is 124 Å². The number of aromatic nitrogens is 2. The van der Waals surface area contributed by atoms with Crippen molar-refractivity contribution < 1.29 is 19.1 Å².